The topological polar surface area (TPSA) is 157 Å². The number of aliphatic hydroxyl groups excluding tert-OH is 2. The van der Waals surface area contributed by atoms with Crippen molar-refractivity contribution in [1.82, 2.24) is 30.6 Å². The Hall–Kier alpha value is -6.78. The number of rotatable bonds is 8. The summed E-state index contributed by atoms with van der Waals surface area (Å²) in [4.78, 5) is 46.8. The number of aliphatic hydroxyl groups is 2. The maximum atomic E-state index is 14.4. The molecule has 2 aromatic carbocycles. The summed E-state index contributed by atoms with van der Waals surface area (Å²) < 4.78 is 57.5. The van der Waals surface area contributed by atoms with Crippen LogP contribution >= 0.6 is 0 Å². The fourth-order valence-electron chi connectivity index (χ4n) is 8.83. The molecule has 0 spiro atoms. The van der Waals surface area contributed by atoms with E-state index in [9.17, 15) is 37.4 Å². The predicted molar refractivity (Wildman–Crippen MR) is 231 cm³/mol. The number of nitrogens with one attached hydrogen (secondary N) is 2. The highest BCUT2D eigenvalue weighted by molar-refractivity contribution is 6.00. The Kier molecular flexibility index (Phi) is 12.0. The molecule has 4 aliphatic rings. The lowest BCUT2D eigenvalue weighted by atomic mass is 9.98. The molecule has 64 heavy (non-hydrogen) atoms. The lowest BCUT2D eigenvalue weighted by Gasteiger charge is -2.31. The van der Waals surface area contributed by atoms with Crippen molar-refractivity contribution in [3.8, 4) is 22.5 Å². The zero-order valence-electron chi connectivity index (χ0n) is 34.6. The third kappa shape index (κ3) is 8.88. The third-order valence-corrected chi connectivity index (χ3v) is 12.0. The number of aromatic nitrogens is 4. The maximum absolute atomic E-state index is 14.4. The standard InChI is InChI=1S/2C24H22F2N4O2/c2*25-18-4-1-5-19(26)23(18)20-10-14(22-21(29-20)12-28-24(22)32)9-15-6-7-16(11-27-15)30-8-2-3-17(31)13-30/h2*1,4-7,10-11,17,31H,2-3,8-9,12-13H2,(H,28,32)/t17-;/m0./s1. The molecule has 2 fully saturated rings. The molecule has 4 aliphatic heterocycles. The van der Waals surface area contributed by atoms with E-state index in [0.29, 0.717) is 59.6 Å². The van der Waals surface area contributed by atoms with Gasteiger partial charge in [-0.2, -0.15) is 0 Å². The number of hydrogen-bond acceptors (Lipinski definition) is 10. The van der Waals surface area contributed by atoms with Crippen LogP contribution in [0, 0.1) is 23.3 Å². The molecule has 2 saturated heterocycles. The largest absolute Gasteiger partial charge is 0.391 e. The van der Waals surface area contributed by atoms with Crippen LogP contribution in [0.15, 0.2) is 85.2 Å². The molecular formula is C48H44F4N8O4. The fourth-order valence-corrected chi connectivity index (χ4v) is 8.83. The third-order valence-electron chi connectivity index (χ3n) is 12.0. The van der Waals surface area contributed by atoms with Gasteiger partial charge in [0, 0.05) is 50.4 Å². The van der Waals surface area contributed by atoms with Crippen LogP contribution in [0.3, 0.4) is 0 Å². The van der Waals surface area contributed by atoms with E-state index in [2.05, 4.69) is 40.4 Å². The summed E-state index contributed by atoms with van der Waals surface area (Å²) in [7, 11) is 0. The monoisotopic (exact) mass is 872 g/mol. The van der Waals surface area contributed by atoms with Gasteiger partial charge in [0.15, 0.2) is 0 Å². The van der Waals surface area contributed by atoms with Crippen molar-refractivity contribution in [2.75, 3.05) is 36.0 Å². The first kappa shape index (κ1) is 42.5. The van der Waals surface area contributed by atoms with E-state index in [1.54, 1.807) is 24.5 Å². The number of pyridine rings is 4. The number of piperidine rings is 2. The number of carbonyl (C=O) groups excluding carboxylic acids is 2. The minimum atomic E-state index is -0.702. The van der Waals surface area contributed by atoms with E-state index in [-0.39, 0.29) is 59.6 Å². The van der Waals surface area contributed by atoms with Gasteiger partial charge in [0.05, 0.1) is 94.1 Å². The SMILES string of the molecule is O=C1NCc2nc(-c3c(F)cccc3F)cc(Cc3ccc(N4CCCC(O)C4)cn3)c21.O=C1NCc2nc(-c3c(F)cccc3F)cc(Cc3ccc(N4CCC[C@H](O)C4)cn3)c21. The van der Waals surface area contributed by atoms with Crippen molar-refractivity contribution in [3.63, 3.8) is 0 Å². The molecule has 0 radical (unpaired) electrons. The first-order chi connectivity index (χ1) is 31.0. The molecule has 10 rings (SSSR count). The number of nitrogens with zero attached hydrogens (tertiary/aromatic N) is 6. The second-order valence-corrected chi connectivity index (χ2v) is 16.4. The van der Waals surface area contributed by atoms with Crippen molar-refractivity contribution >= 4 is 23.2 Å². The molecule has 0 bridgehead atoms. The lowest BCUT2D eigenvalue weighted by Crippen LogP contribution is -2.38. The number of halogens is 4. The molecule has 0 aliphatic carbocycles. The van der Waals surface area contributed by atoms with Crippen LogP contribution in [0.1, 0.15) is 80.3 Å². The predicted octanol–water partition coefficient (Wildman–Crippen LogP) is 6.43. The first-order valence-corrected chi connectivity index (χ1v) is 21.3. The van der Waals surface area contributed by atoms with Gasteiger partial charge in [-0.1, -0.05) is 12.1 Å². The maximum Gasteiger partial charge on any atom is 0.253 e. The number of hydrogen-bond donors (Lipinski definition) is 4. The summed E-state index contributed by atoms with van der Waals surface area (Å²) in [6, 6.07) is 18.1. The number of β-amino-alcohol motifs (C(OH)–C–C–N with tert-alkyl or cyclic N) is 2. The van der Waals surface area contributed by atoms with Crippen LogP contribution in [-0.4, -0.2) is 80.4 Å². The Bertz CT molecular complexity index is 2510. The number of fused-ring (bicyclic) bond motifs is 2. The highest BCUT2D eigenvalue weighted by Crippen LogP contribution is 2.33. The second kappa shape index (κ2) is 18.1. The quantitative estimate of drug-likeness (QED) is 0.126. The lowest BCUT2D eigenvalue weighted by molar-refractivity contribution is 0.0957. The Morgan fingerprint density at radius 2 is 0.984 bits per heavy atom. The summed E-state index contributed by atoms with van der Waals surface area (Å²) in [6.07, 6.45) is 6.96. The summed E-state index contributed by atoms with van der Waals surface area (Å²) in [5.41, 5.74) is 6.28. The van der Waals surface area contributed by atoms with E-state index in [1.165, 1.54) is 36.4 Å². The number of amides is 2. The molecule has 4 N–H and O–H groups in total. The molecular weight excluding hydrogens is 829 g/mol. The minimum absolute atomic E-state index is 0.157. The minimum Gasteiger partial charge on any atom is -0.391 e. The van der Waals surface area contributed by atoms with Crippen LogP contribution < -0.4 is 20.4 Å². The molecule has 12 nitrogen and oxygen atoms in total. The Morgan fingerprint density at radius 1 is 0.578 bits per heavy atom. The normalized spacial score (nSPS) is 17.9. The van der Waals surface area contributed by atoms with E-state index >= 15 is 0 Å². The number of carbonyl (C=O) groups is 2. The van der Waals surface area contributed by atoms with Crippen molar-refractivity contribution in [1.29, 1.82) is 0 Å². The van der Waals surface area contributed by atoms with Crippen molar-refractivity contribution < 1.29 is 37.4 Å². The van der Waals surface area contributed by atoms with Gasteiger partial charge in [0.1, 0.15) is 23.3 Å². The zero-order valence-corrected chi connectivity index (χ0v) is 34.6. The zero-order chi connectivity index (χ0) is 44.5. The molecule has 0 saturated carbocycles. The van der Waals surface area contributed by atoms with Gasteiger partial charge in [0.25, 0.3) is 11.8 Å². The second-order valence-electron chi connectivity index (χ2n) is 16.4. The van der Waals surface area contributed by atoms with E-state index in [0.717, 1.165) is 61.5 Å². The van der Waals surface area contributed by atoms with Gasteiger partial charge >= 0.3 is 0 Å². The molecule has 16 heteroatoms. The highest BCUT2D eigenvalue weighted by Gasteiger charge is 2.29. The molecule has 328 valence electrons. The Balaban J connectivity index is 0.000000162. The summed E-state index contributed by atoms with van der Waals surface area (Å²) in [6.45, 7) is 3.33. The smallest absolute Gasteiger partial charge is 0.253 e. The van der Waals surface area contributed by atoms with Crippen molar-refractivity contribution in [2.45, 2.75) is 63.8 Å². The summed E-state index contributed by atoms with van der Waals surface area (Å²) in [5.74, 6) is -3.30. The number of anilines is 2. The summed E-state index contributed by atoms with van der Waals surface area (Å²) in [5, 5.41) is 25.3. The van der Waals surface area contributed by atoms with Gasteiger partial charge in [0.2, 0.25) is 0 Å². The van der Waals surface area contributed by atoms with E-state index < -0.39 is 23.3 Å². The van der Waals surface area contributed by atoms with Gasteiger partial charge in [-0.05, 0) is 97.5 Å². The Morgan fingerprint density at radius 3 is 1.34 bits per heavy atom. The Labute approximate surface area is 366 Å². The van der Waals surface area contributed by atoms with Crippen LogP contribution in [0.4, 0.5) is 28.9 Å². The van der Waals surface area contributed by atoms with E-state index in [4.69, 9.17) is 0 Å². The first-order valence-electron chi connectivity index (χ1n) is 21.3. The van der Waals surface area contributed by atoms with Crippen LogP contribution in [0.25, 0.3) is 22.5 Å². The molecule has 2 atom stereocenters. The fraction of sp³-hybridized carbons (Fsp3) is 0.292. The van der Waals surface area contributed by atoms with Crippen molar-refractivity contribution in [3.05, 3.63) is 153 Å². The van der Waals surface area contributed by atoms with Gasteiger partial charge in [-0.3, -0.25) is 19.6 Å². The van der Waals surface area contributed by atoms with Crippen LogP contribution in [0.5, 0.6) is 0 Å². The average Bonchev–Trinajstić information content (AvgIpc) is 3.86. The molecule has 2 amide bonds. The van der Waals surface area contributed by atoms with Crippen LogP contribution in [-0.2, 0) is 25.9 Å². The van der Waals surface area contributed by atoms with Gasteiger partial charge < -0.3 is 30.6 Å². The van der Waals surface area contributed by atoms with Crippen LogP contribution in [0.2, 0.25) is 0 Å². The van der Waals surface area contributed by atoms with Gasteiger partial charge in [-0.15, -0.1) is 0 Å². The number of benzene rings is 2. The van der Waals surface area contributed by atoms with Gasteiger partial charge in [-0.25, -0.2) is 27.5 Å². The average molecular weight is 873 g/mol. The molecule has 8 heterocycles. The van der Waals surface area contributed by atoms with E-state index in [1.807, 2.05) is 24.3 Å². The molecule has 6 aromatic rings. The highest BCUT2D eigenvalue weighted by atomic mass is 19.1. The van der Waals surface area contributed by atoms with Crippen molar-refractivity contribution in [2.24, 2.45) is 0 Å². The molecule has 4 aromatic heterocycles. The summed E-state index contributed by atoms with van der Waals surface area (Å²) >= 11 is 0. The molecule has 1 unspecified atom stereocenters.